The number of hydrogen-bond acceptors (Lipinski definition) is 4. The van der Waals surface area contributed by atoms with Gasteiger partial charge >= 0.3 is 6.03 Å². The minimum Gasteiger partial charge on any atom is -0.320 e. The van der Waals surface area contributed by atoms with E-state index in [9.17, 15) is 4.79 Å². The van der Waals surface area contributed by atoms with Crippen LogP contribution in [0.2, 0.25) is 0 Å². The van der Waals surface area contributed by atoms with Crippen molar-refractivity contribution in [1.82, 2.24) is 19.9 Å². The Morgan fingerprint density at radius 3 is 2.66 bits per heavy atom. The number of anilines is 1. The van der Waals surface area contributed by atoms with Crippen LogP contribution in [0, 0.1) is 6.92 Å². The van der Waals surface area contributed by atoms with Crippen LogP contribution in [0.3, 0.4) is 0 Å². The van der Waals surface area contributed by atoms with Crippen molar-refractivity contribution in [1.29, 1.82) is 0 Å². The van der Waals surface area contributed by atoms with E-state index in [2.05, 4.69) is 54.5 Å². The molecule has 0 saturated carbocycles. The van der Waals surface area contributed by atoms with Crippen LogP contribution in [0.1, 0.15) is 29.3 Å². The lowest BCUT2D eigenvalue weighted by molar-refractivity contribution is 0.206. The molecular formula is C32H29N5O. The topological polar surface area (TPSA) is 71.0 Å². The fraction of sp³-hybridized carbons (Fsp3) is 0.188. The summed E-state index contributed by atoms with van der Waals surface area (Å²) < 4.78 is 0. The second kappa shape index (κ2) is 10.1. The Balaban J connectivity index is 1.41. The van der Waals surface area contributed by atoms with E-state index in [4.69, 9.17) is 9.97 Å². The highest BCUT2D eigenvalue weighted by Crippen LogP contribution is 2.34. The number of nitrogens with zero attached hydrogens (tertiary/aromatic N) is 4. The molecule has 38 heavy (non-hydrogen) atoms. The van der Waals surface area contributed by atoms with Crippen LogP contribution in [0.15, 0.2) is 85.1 Å². The van der Waals surface area contributed by atoms with Crippen molar-refractivity contribution in [2.75, 3.05) is 11.9 Å². The number of nitrogens with one attached hydrogen (secondary N) is 1. The van der Waals surface area contributed by atoms with E-state index >= 15 is 0 Å². The molecule has 0 aliphatic carbocycles. The van der Waals surface area contributed by atoms with Crippen LogP contribution in [0.5, 0.6) is 0 Å². The highest BCUT2D eigenvalue weighted by Gasteiger charge is 2.27. The van der Waals surface area contributed by atoms with Crippen molar-refractivity contribution < 1.29 is 4.79 Å². The predicted molar refractivity (Wildman–Crippen MR) is 152 cm³/mol. The molecule has 3 aromatic carbocycles. The largest absolute Gasteiger partial charge is 0.322 e. The fourth-order valence-corrected chi connectivity index (χ4v) is 5.14. The van der Waals surface area contributed by atoms with Crippen LogP contribution in [0.25, 0.3) is 33.5 Å². The average Bonchev–Trinajstić information content (AvgIpc) is 2.96. The van der Waals surface area contributed by atoms with Crippen molar-refractivity contribution in [2.45, 2.75) is 33.2 Å². The van der Waals surface area contributed by atoms with Crippen LogP contribution >= 0.6 is 0 Å². The van der Waals surface area contributed by atoms with E-state index in [1.807, 2.05) is 53.4 Å². The Labute approximate surface area is 222 Å². The number of fused-ring (bicyclic) bond motifs is 2. The monoisotopic (exact) mass is 499 g/mol. The maximum Gasteiger partial charge on any atom is 0.322 e. The van der Waals surface area contributed by atoms with Crippen LogP contribution in [-0.2, 0) is 19.4 Å². The van der Waals surface area contributed by atoms with Crippen LogP contribution in [-0.4, -0.2) is 32.4 Å². The van der Waals surface area contributed by atoms with Gasteiger partial charge in [0.1, 0.15) is 0 Å². The van der Waals surface area contributed by atoms with E-state index in [1.165, 1.54) is 5.56 Å². The molecule has 0 radical (unpaired) electrons. The first kappa shape index (κ1) is 23.8. The molecule has 2 aromatic heterocycles. The van der Waals surface area contributed by atoms with E-state index in [0.717, 1.165) is 56.7 Å². The fourth-order valence-electron chi connectivity index (χ4n) is 5.14. The van der Waals surface area contributed by atoms with Crippen molar-refractivity contribution in [3.8, 4) is 22.6 Å². The Morgan fingerprint density at radius 2 is 1.79 bits per heavy atom. The molecule has 3 heterocycles. The summed E-state index contributed by atoms with van der Waals surface area (Å²) in [5.41, 5.74) is 8.96. The minimum atomic E-state index is -0.108. The highest BCUT2D eigenvalue weighted by atomic mass is 16.2. The quantitative estimate of drug-likeness (QED) is 0.295. The lowest BCUT2D eigenvalue weighted by Gasteiger charge is -2.30. The number of benzene rings is 3. The lowest BCUT2D eigenvalue weighted by atomic mass is 9.96. The summed E-state index contributed by atoms with van der Waals surface area (Å²) in [6.07, 6.45) is 3.39. The molecule has 0 bridgehead atoms. The summed E-state index contributed by atoms with van der Waals surface area (Å²) >= 11 is 0. The number of urea groups is 1. The molecule has 1 N–H and O–H groups in total. The number of aryl methyl sites for hydroxylation is 2. The summed E-state index contributed by atoms with van der Waals surface area (Å²) in [6, 6.07) is 26.2. The maximum absolute atomic E-state index is 13.3. The molecule has 0 fully saturated rings. The molecule has 188 valence electrons. The van der Waals surface area contributed by atoms with Gasteiger partial charge in [-0.25, -0.2) is 14.8 Å². The zero-order valence-electron chi connectivity index (χ0n) is 21.6. The SMILES string of the molecule is CCc1cccc(NC(=O)N2CCc3nc(-c4cccc5ncccc45)nc(-c4ccccc4C)c3C2)c1. The van der Waals surface area contributed by atoms with Gasteiger partial charge in [0, 0.05) is 46.9 Å². The molecule has 0 spiro atoms. The standard InChI is InChI=1S/C32H29N5O/c1-3-22-10-6-11-23(19-22)34-32(38)37-18-16-29-27(20-37)30(24-12-5-4-9-21(24)2)36-31(35-29)26-13-7-15-28-25(26)14-8-17-33-28/h4-15,17,19H,3,16,18,20H2,1-2H3,(H,34,38). The van der Waals surface area contributed by atoms with Gasteiger partial charge in [0.2, 0.25) is 0 Å². The highest BCUT2D eigenvalue weighted by molar-refractivity contribution is 5.93. The van der Waals surface area contributed by atoms with Crippen LogP contribution < -0.4 is 5.32 Å². The zero-order valence-corrected chi connectivity index (χ0v) is 21.6. The minimum absolute atomic E-state index is 0.108. The average molecular weight is 500 g/mol. The first-order valence-electron chi connectivity index (χ1n) is 13.1. The van der Waals surface area contributed by atoms with E-state index in [-0.39, 0.29) is 6.03 Å². The molecule has 0 unspecified atom stereocenters. The number of pyridine rings is 1. The Kier molecular flexibility index (Phi) is 6.30. The van der Waals surface area contributed by atoms with Gasteiger partial charge < -0.3 is 10.2 Å². The van der Waals surface area contributed by atoms with Gasteiger partial charge in [0.15, 0.2) is 5.82 Å². The predicted octanol–water partition coefficient (Wildman–Crippen LogP) is 6.82. The Hall–Kier alpha value is -4.58. The van der Waals surface area contributed by atoms with Crippen molar-refractivity contribution in [2.24, 2.45) is 0 Å². The number of carbonyl (C=O) groups is 1. The second-order valence-electron chi connectivity index (χ2n) is 9.67. The summed E-state index contributed by atoms with van der Waals surface area (Å²) in [4.78, 5) is 29.9. The summed E-state index contributed by atoms with van der Waals surface area (Å²) in [7, 11) is 0. The third kappa shape index (κ3) is 4.50. The summed E-state index contributed by atoms with van der Waals surface area (Å²) in [6.45, 7) is 5.25. The van der Waals surface area contributed by atoms with Crippen molar-refractivity contribution >= 4 is 22.6 Å². The van der Waals surface area contributed by atoms with Gasteiger partial charge in [-0.15, -0.1) is 0 Å². The molecule has 1 aliphatic rings. The van der Waals surface area contributed by atoms with Gasteiger partial charge in [-0.3, -0.25) is 4.98 Å². The number of hydrogen-bond donors (Lipinski definition) is 1. The van der Waals surface area contributed by atoms with E-state index in [0.29, 0.717) is 25.3 Å². The third-order valence-electron chi connectivity index (χ3n) is 7.22. The van der Waals surface area contributed by atoms with E-state index in [1.54, 1.807) is 6.20 Å². The second-order valence-corrected chi connectivity index (χ2v) is 9.67. The number of rotatable bonds is 4. The molecule has 0 atom stereocenters. The number of aromatic nitrogens is 3. The third-order valence-corrected chi connectivity index (χ3v) is 7.22. The van der Waals surface area contributed by atoms with E-state index < -0.39 is 0 Å². The lowest BCUT2D eigenvalue weighted by Crippen LogP contribution is -2.39. The molecule has 6 rings (SSSR count). The molecular weight excluding hydrogens is 470 g/mol. The van der Waals surface area contributed by atoms with Crippen LogP contribution in [0.4, 0.5) is 10.5 Å². The summed E-state index contributed by atoms with van der Waals surface area (Å²) in [5.74, 6) is 0.690. The van der Waals surface area contributed by atoms with Gasteiger partial charge in [0.05, 0.1) is 23.4 Å². The molecule has 1 aliphatic heterocycles. The van der Waals surface area contributed by atoms with Crippen molar-refractivity contribution in [3.63, 3.8) is 0 Å². The molecule has 6 nitrogen and oxygen atoms in total. The molecule has 6 heteroatoms. The number of carbonyl (C=O) groups excluding carboxylic acids is 1. The maximum atomic E-state index is 13.3. The first-order valence-corrected chi connectivity index (χ1v) is 13.1. The Bertz CT molecular complexity index is 1660. The van der Waals surface area contributed by atoms with Gasteiger partial charge in [-0.05, 0) is 48.7 Å². The first-order chi connectivity index (χ1) is 18.6. The smallest absolute Gasteiger partial charge is 0.320 e. The molecule has 2 amide bonds. The van der Waals surface area contributed by atoms with Crippen molar-refractivity contribution in [3.05, 3.63) is 107 Å². The molecule has 5 aromatic rings. The Morgan fingerprint density at radius 1 is 0.947 bits per heavy atom. The normalized spacial score (nSPS) is 12.8. The zero-order chi connectivity index (χ0) is 26.1. The summed E-state index contributed by atoms with van der Waals surface area (Å²) in [5, 5.41) is 4.11. The number of amides is 2. The van der Waals surface area contributed by atoms with Gasteiger partial charge in [0.25, 0.3) is 0 Å². The van der Waals surface area contributed by atoms with Gasteiger partial charge in [-0.1, -0.05) is 61.5 Å². The van der Waals surface area contributed by atoms with Gasteiger partial charge in [-0.2, -0.15) is 0 Å². The molecule has 0 saturated heterocycles.